The van der Waals surface area contributed by atoms with Crippen LogP contribution >= 0.6 is 22.9 Å². The van der Waals surface area contributed by atoms with Crippen LogP contribution in [0.25, 0.3) is 12.2 Å². The summed E-state index contributed by atoms with van der Waals surface area (Å²) in [7, 11) is 0. The number of nitrogens with zero attached hydrogens (tertiary/aromatic N) is 3. The van der Waals surface area contributed by atoms with Crippen LogP contribution < -0.4 is 0 Å². The Balaban J connectivity index is 1.78. The fourth-order valence-corrected chi connectivity index (χ4v) is 2.46. The molecule has 3 aromatic heterocycles. The Labute approximate surface area is 130 Å². The number of hydrogen-bond donors (Lipinski definition) is 0. The number of hydrogen-bond acceptors (Lipinski definition) is 4. The molecule has 0 amide bonds. The predicted molar refractivity (Wildman–Crippen MR) is 84.4 cm³/mol. The average molecular weight is 316 g/mol. The number of aromatic nitrogens is 3. The van der Waals surface area contributed by atoms with Crippen LogP contribution in [0.15, 0.2) is 48.1 Å². The third-order valence-corrected chi connectivity index (χ3v) is 3.81. The van der Waals surface area contributed by atoms with Crippen molar-refractivity contribution in [3.8, 4) is 0 Å². The quantitative estimate of drug-likeness (QED) is 0.690. The van der Waals surface area contributed by atoms with Gasteiger partial charge in [0.25, 0.3) is 5.91 Å². The molecule has 0 aromatic carbocycles. The standard InChI is InChI=1S/C15H10ClN3OS/c16-14-6-3-11(10-17-14)15(20)19-8-7-12(18-19)4-5-13-2-1-9-21-13/h1-10H. The Morgan fingerprint density at radius 1 is 1.24 bits per heavy atom. The van der Waals surface area contributed by atoms with Gasteiger partial charge in [-0.1, -0.05) is 17.7 Å². The lowest BCUT2D eigenvalue weighted by Crippen LogP contribution is -2.12. The topological polar surface area (TPSA) is 47.8 Å². The fourth-order valence-electron chi connectivity index (χ4n) is 1.73. The molecule has 4 nitrogen and oxygen atoms in total. The number of thiophene rings is 1. The van der Waals surface area contributed by atoms with Crippen LogP contribution in [0.1, 0.15) is 20.9 Å². The van der Waals surface area contributed by atoms with Crippen LogP contribution in [-0.2, 0) is 0 Å². The van der Waals surface area contributed by atoms with E-state index < -0.39 is 0 Å². The minimum Gasteiger partial charge on any atom is -0.267 e. The highest BCUT2D eigenvalue weighted by Crippen LogP contribution is 2.13. The lowest BCUT2D eigenvalue weighted by molar-refractivity contribution is 0.0944. The van der Waals surface area contributed by atoms with E-state index >= 15 is 0 Å². The van der Waals surface area contributed by atoms with E-state index in [0.29, 0.717) is 10.7 Å². The molecule has 0 spiro atoms. The maximum absolute atomic E-state index is 12.2. The normalized spacial score (nSPS) is 11.1. The van der Waals surface area contributed by atoms with Crippen molar-refractivity contribution in [1.82, 2.24) is 14.8 Å². The molecule has 0 saturated carbocycles. The first-order valence-electron chi connectivity index (χ1n) is 6.16. The zero-order chi connectivity index (χ0) is 14.7. The average Bonchev–Trinajstić information content (AvgIpc) is 3.17. The van der Waals surface area contributed by atoms with Gasteiger partial charge in [-0.15, -0.1) is 11.3 Å². The molecule has 0 fully saturated rings. The van der Waals surface area contributed by atoms with E-state index in [1.54, 1.807) is 35.7 Å². The van der Waals surface area contributed by atoms with Gasteiger partial charge in [-0.3, -0.25) is 4.79 Å². The van der Waals surface area contributed by atoms with E-state index in [1.807, 2.05) is 29.7 Å². The van der Waals surface area contributed by atoms with Gasteiger partial charge in [0.05, 0.1) is 11.3 Å². The first-order chi connectivity index (χ1) is 10.2. The van der Waals surface area contributed by atoms with Gasteiger partial charge < -0.3 is 0 Å². The molecule has 0 unspecified atom stereocenters. The van der Waals surface area contributed by atoms with Gasteiger partial charge in [-0.25, -0.2) is 9.67 Å². The summed E-state index contributed by atoms with van der Waals surface area (Å²) in [5.41, 5.74) is 1.16. The zero-order valence-electron chi connectivity index (χ0n) is 10.8. The third-order valence-electron chi connectivity index (χ3n) is 2.75. The summed E-state index contributed by atoms with van der Waals surface area (Å²) in [6.07, 6.45) is 6.90. The van der Waals surface area contributed by atoms with E-state index in [4.69, 9.17) is 11.6 Å². The number of carbonyl (C=O) groups excluding carboxylic acids is 1. The molecule has 0 aliphatic carbocycles. The number of halogens is 1. The largest absolute Gasteiger partial charge is 0.279 e. The lowest BCUT2D eigenvalue weighted by atomic mass is 10.3. The molecule has 3 aromatic rings. The molecule has 0 bridgehead atoms. The number of pyridine rings is 1. The third kappa shape index (κ3) is 3.26. The van der Waals surface area contributed by atoms with Gasteiger partial charge >= 0.3 is 0 Å². The molecule has 21 heavy (non-hydrogen) atoms. The van der Waals surface area contributed by atoms with E-state index in [-0.39, 0.29) is 5.91 Å². The Morgan fingerprint density at radius 2 is 2.14 bits per heavy atom. The fraction of sp³-hybridized carbons (Fsp3) is 0. The van der Waals surface area contributed by atoms with Crippen LogP contribution in [0.5, 0.6) is 0 Å². The van der Waals surface area contributed by atoms with Gasteiger partial charge in [-0.2, -0.15) is 5.10 Å². The molecule has 0 aliphatic rings. The highest BCUT2D eigenvalue weighted by atomic mass is 35.5. The monoisotopic (exact) mass is 315 g/mol. The van der Waals surface area contributed by atoms with Crippen LogP contribution in [0.3, 0.4) is 0 Å². The van der Waals surface area contributed by atoms with Crippen molar-refractivity contribution >= 4 is 41.0 Å². The Morgan fingerprint density at radius 3 is 2.86 bits per heavy atom. The second-order valence-electron chi connectivity index (χ2n) is 4.21. The SMILES string of the molecule is O=C(c1ccc(Cl)nc1)n1ccc(C=Cc2cccs2)n1. The van der Waals surface area contributed by atoms with E-state index in [0.717, 1.165) is 10.6 Å². The summed E-state index contributed by atoms with van der Waals surface area (Å²) in [6, 6.07) is 8.99. The first-order valence-corrected chi connectivity index (χ1v) is 7.42. The predicted octanol–water partition coefficient (Wildman–Crippen LogP) is 3.85. The summed E-state index contributed by atoms with van der Waals surface area (Å²) < 4.78 is 1.29. The molecule has 0 aliphatic heterocycles. The highest BCUT2D eigenvalue weighted by Gasteiger charge is 2.09. The molecular weight excluding hydrogens is 306 g/mol. The Bertz CT molecular complexity index is 776. The molecule has 104 valence electrons. The Hall–Kier alpha value is -2.24. The second kappa shape index (κ2) is 6.03. The summed E-state index contributed by atoms with van der Waals surface area (Å²) in [6.45, 7) is 0. The van der Waals surface area contributed by atoms with Crippen LogP contribution in [0.4, 0.5) is 0 Å². The maximum atomic E-state index is 12.2. The van der Waals surface area contributed by atoms with E-state index in [2.05, 4.69) is 10.1 Å². The Kier molecular flexibility index (Phi) is 3.94. The molecule has 0 atom stereocenters. The maximum Gasteiger partial charge on any atom is 0.279 e. The van der Waals surface area contributed by atoms with Gasteiger partial charge in [0.15, 0.2) is 0 Å². The zero-order valence-corrected chi connectivity index (χ0v) is 12.4. The van der Waals surface area contributed by atoms with Gasteiger partial charge in [0.1, 0.15) is 5.15 Å². The molecule has 6 heteroatoms. The lowest BCUT2D eigenvalue weighted by Gasteiger charge is -1.99. The van der Waals surface area contributed by atoms with Crippen molar-refractivity contribution in [3.05, 3.63) is 69.4 Å². The van der Waals surface area contributed by atoms with Crippen molar-refractivity contribution in [2.24, 2.45) is 0 Å². The van der Waals surface area contributed by atoms with Crippen LogP contribution in [0.2, 0.25) is 5.15 Å². The smallest absolute Gasteiger partial charge is 0.267 e. The van der Waals surface area contributed by atoms with E-state index in [9.17, 15) is 4.79 Å². The molecular formula is C15H10ClN3OS. The van der Waals surface area contributed by atoms with Crippen molar-refractivity contribution in [2.75, 3.05) is 0 Å². The van der Waals surface area contributed by atoms with Crippen molar-refractivity contribution < 1.29 is 4.79 Å². The van der Waals surface area contributed by atoms with Crippen LogP contribution in [-0.4, -0.2) is 20.7 Å². The highest BCUT2D eigenvalue weighted by molar-refractivity contribution is 7.10. The summed E-state index contributed by atoms with van der Waals surface area (Å²) in [5, 5.41) is 6.60. The van der Waals surface area contributed by atoms with Crippen molar-refractivity contribution in [3.63, 3.8) is 0 Å². The molecule has 3 heterocycles. The summed E-state index contributed by atoms with van der Waals surface area (Å²) in [4.78, 5) is 17.2. The van der Waals surface area contributed by atoms with Crippen LogP contribution in [0, 0.1) is 0 Å². The molecule has 0 N–H and O–H groups in total. The van der Waals surface area contributed by atoms with Gasteiger partial charge in [-0.05, 0) is 41.8 Å². The van der Waals surface area contributed by atoms with Crippen molar-refractivity contribution in [1.29, 1.82) is 0 Å². The molecule has 3 rings (SSSR count). The number of carbonyl (C=O) groups is 1. The van der Waals surface area contributed by atoms with Crippen molar-refractivity contribution in [2.45, 2.75) is 0 Å². The van der Waals surface area contributed by atoms with Gasteiger partial charge in [0, 0.05) is 17.3 Å². The minimum absolute atomic E-state index is 0.241. The molecule has 0 saturated heterocycles. The number of rotatable bonds is 3. The summed E-state index contributed by atoms with van der Waals surface area (Å²) in [5.74, 6) is -0.241. The molecule has 0 radical (unpaired) electrons. The second-order valence-corrected chi connectivity index (χ2v) is 5.58. The van der Waals surface area contributed by atoms with E-state index in [1.165, 1.54) is 10.9 Å². The van der Waals surface area contributed by atoms with Gasteiger partial charge in [0.2, 0.25) is 0 Å². The summed E-state index contributed by atoms with van der Waals surface area (Å²) >= 11 is 7.35. The minimum atomic E-state index is -0.241. The first kappa shape index (κ1) is 13.7.